The van der Waals surface area contributed by atoms with Gasteiger partial charge in [-0.3, -0.25) is 0 Å². The summed E-state index contributed by atoms with van der Waals surface area (Å²) >= 11 is 6.38. The minimum atomic E-state index is -0.797. The van der Waals surface area contributed by atoms with Crippen LogP contribution in [0.25, 0.3) is 5.70 Å². The Bertz CT molecular complexity index is 804. The fourth-order valence-corrected chi connectivity index (χ4v) is 4.10. The third kappa shape index (κ3) is 4.46. The van der Waals surface area contributed by atoms with E-state index < -0.39 is 11.6 Å². The molecule has 1 aliphatic rings. The maximum absolute atomic E-state index is 14.8. The summed E-state index contributed by atoms with van der Waals surface area (Å²) in [7, 11) is 1.75. The number of halogens is 4. The highest BCUT2D eigenvalue weighted by Crippen LogP contribution is 2.42. The number of benzene rings is 1. The predicted octanol–water partition coefficient (Wildman–Crippen LogP) is 7.41. The van der Waals surface area contributed by atoms with Gasteiger partial charge in [0.15, 0.2) is 0 Å². The van der Waals surface area contributed by atoms with Crippen molar-refractivity contribution in [3.8, 4) is 0 Å². The molecule has 1 heterocycles. The van der Waals surface area contributed by atoms with Crippen molar-refractivity contribution in [2.24, 2.45) is 0 Å². The second-order valence-electron chi connectivity index (χ2n) is 6.18. The smallest absolute Gasteiger partial charge is 0.136 e. The summed E-state index contributed by atoms with van der Waals surface area (Å²) in [6, 6.07) is 2.03. The minimum Gasteiger partial charge on any atom is -0.346 e. The molecule has 0 spiro atoms. The lowest BCUT2D eigenvalue weighted by Gasteiger charge is -2.37. The Morgan fingerprint density at radius 2 is 1.93 bits per heavy atom. The van der Waals surface area contributed by atoms with Gasteiger partial charge < -0.3 is 4.90 Å². The summed E-state index contributed by atoms with van der Waals surface area (Å²) in [6.07, 6.45) is 8.86. The molecule has 1 atom stereocenters. The van der Waals surface area contributed by atoms with E-state index in [0.717, 1.165) is 35.4 Å². The van der Waals surface area contributed by atoms with Crippen molar-refractivity contribution in [3.05, 3.63) is 70.5 Å². The molecular weight excluding hydrogens is 391 g/mol. The van der Waals surface area contributed by atoms with Crippen molar-refractivity contribution in [2.75, 3.05) is 7.05 Å². The molecule has 146 valence electrons. The largest absolute Gasteiger partial charge is 0.346 e. The van der Waals surface area contributed by atoms with Crippen LogP contribution >= 0.6 is 23.7 Å². The molecule has 0 bridgehead atoms. The number of allylic oxidation sites excluding steroid dienone is 7. The van der Waals surface area contributed by atoms with Gasteiger partial charge in [-0.1, -0.05) is 31.2 Å². The molecule has 1 aliphatic heterocycles. The number of hydrogen-bond donors (Lipinski definition) is 0. The van der Waals surface area contributed by atoms with Crippen LogP contribution in [0, 0.1) is 11.6 Å². The average molecular weight is 414 g/mol. The van der Waals surface area contributed by atoms with Crippen molar-refractivity contribution in [1.82, 2.24) is 4.90 Å². The summed E-state index contributed by atoms with van der Waals surface area (Å²) in [5, 5.41) is -0.309. The molecule has 1 aromatic carbocycles. The maximum Gasteiger partial charge on any atom is 0.136 e. The first kappa shape index (κ1) is 21.7. The summed E-state index contributed by atoms with van der Waals surface area (Å²) in [6.45, 7) is 5.73. The quantitative estimate of drug-likeness (QED) is 0.365. The summed E-state index contributed by atoms with van der Waals surface area (Å²) < 4.78 is 42.5. The maximum atomic E-state index is 14.8. The van der Waals surface area contributed by atoms with Gasteiger partial charge in [-0.25, -0.2) is 8.78 Å². The third-order valence-electron chi connectivity index (χ3n) is 4.47. The first-order chi connectivity index (χ1) is 12.9. The minimum absolute atomic E-state index is 0.103. The van der Waals surface area contributed by atoms with E-state index in [1.54, 1.807) is 11.9 Å². The molecule has 0 radical (unpaired) electrons. The van der Waals surface area contributed by atoms with E-state index >= 15 is 0 Å². The Balaban J connectivity index is 2.85. The third-order valence-corrected chi connectivity index (χ3v) is 5.26. The van der Waals surface area contributed by atoms with E-state index in [-0.39, 0.29) is 28.0 Å². The predicted molar refractivity (Wildman–Crippen MR) is 109 cm³/mol. The van der Waals surface area contributed by atoms with Crippen molar-refractivity contribution in [1.29, 1.82) is 0 Å². The molecule has 0 N–H and O–H groups in total. The molecule has 0 fully saturated rings. The van der Waals surface area contributed by atoms with Gasteiger partial charge in [0.05, 0.1) is 28.8 Å². The van der Waals surface area contributed by atoms with Crippen LogP contribution in [0.5, 0.6) is 0 Å². The fourth-order valence-electron chi connectivity index (χ4n) is 3.38. The Hall–Kier alpha value is -1.59. The molecule has 0 saturated heterocycles. The van der Waals surface area contributed by atoms with Crippen molar-refractivity contribution in [3.63, 3.8) is 0 Å². The molecular formula is C21H23ClF3NS. The highest BCUT2D eigenvalue weighted by atomic mass is 35.5. The van der Waals surface area contributed by atoms with Gasteiger partial charge in [-0.05, 0) is 50.0 Å². The van der Waals surface area contributed by atoms with Crippen LogP contribution in [0.2, 0.25) is 0 Å². The second kappa shape index (κ2) is 9.56. The molecule has 2 rings (SSSR count). The molecule has 6 heteroatoms. The first-order valence-electron chi connectivity index (χ1n) is 8.77. The zero-order valence-corrected chi connectivity index (χ0v) is 17.4. The van der Waals surface area contributed by atoms with Gasteiger partial charge in [0.1, 0.15) is 11.6 Å². The lowest BCUT2D eigenvalue weighted by molar-refractivity contribution is 0.510. The first-order valence-corrected chi connectivity index (χ1v) is 9.93. The number of rotatable bonds is 5. The molecule has 0 saturated carbocycles. The van der Waals surface area contributed by atoms with Crippen LogP contribution in [0.15, 0.2) is 58.2 Å². The number of hydrogen-bond acceptors (Lipinski definition) is 2. The second-order valence-corrected chi connectivity index (χ2v) is 7.33. The number of nitrogens with zero attached hydrogens (tertiary/aromatic N) is 1. The van der Waals surface area contributed by atoms with Crippen LogP contribution in [0.1, 0.15) is 39.2 Å². The summed E-state index contributed by atoms with van der Waals surface area (Å²) in [5.41, 5.74) is 2.67. The van der Waals surface area contributed by atoms with Crippen molar-refractivity contribution in [2.45, 2.75) is 43.9 Å². The standard InChI is InChI=1S/C21H23ClF3NS/c1-5-8-13(9-6-2)15-12-16(22)19(7-3)26(4)21(15)20-17(23)10-14(27-25)11-18(20)24/h5,7-11,16H,6,12H2,1-4H3/b8-5-,13-9+,19-7+. The topological polar surface area (TPSA) is 3.24 Å². The van der Waals surface area contributed by atoms with E-state index in [1.165, 1.54) is 0 Å². The molecule has 1 unspecified atom stereocenters. The highest BCUT2D eigenvalue weighted by molar-refractivity contribution is 7.94. The van der Waals surface area contributed by atoms with Crippen LogP contribution in [-0.4, -0.2) is 17.3 Å². The molecule has 0 aliphatic carbocycles. The van der Waals surface area contributed by atoms with E-state index in [0.29, 0.717) is 12.1 Å². The summed E-state index contributed by atoms with van der Waals surface area (Å²) in [5.74, 6) is -1.59. The van der Waals surface area contributed by atoms with E-state index in [9.17, 15) is 12.7 Å². The molecule has 0 aromatic heterocycles. The fraction of sp³-hybridized carbons (Fsp3) is 0.333. The van der Waals surface area contributed by atoms with Crippen LogP contribution in [0.3, 0.4) is 0 Å². The van der Waals surface area contributed by atoms with Gasteiger partial charge in [0.25, 0.3) is 0 Å². The lowest BCUT2D eigenvalue weighted by atomic mass is 9.88. The van der Waals surface area contributed by atoms with Crippen LogP contribution in [0.4, 0.5) is 12.7 Å². The van der Waals surface area contributed by atoms with Crippen LogP contribution < -0.4 is 0 Å². The Labute approximate surface area is 168 Å². The highest BCUT2D eigenvalue weighted by Gasteiger charge is 2.32. The van der Waals surface area contributed by atoms with Crippen molar-refractivity contribution >= 4 is 29.4 Å². The Morgan fingerprint density at radius 1 is 1.30 bits per heavy atom. The Kier molecular flexibility index (Phi) is 7.68. The Morgan fingerprint density at radius 3 is 2.41 bits per heavy atom. The van der Waals surface area contributed by atoms with Gasteiger partial charge in [0.2, 0.25) is 0 Å². The zero-order chi connectivity index (χ0) is 20.1. The number of alkyl halides is 1. The van der Waals surface area contributed by atoms with E-state index in [2.05, 4.69) is 0 Å². The SMILES string of the molecule is C/C=C\C(=C/CC)C1=C(c2c(F)cc(SF)cc2F)N(C)/C(=C/C)C(Cl)C1. The zero-order valence-electron chi connectivity index (χ0n) is 15.8. The van der Waals surface area contributed by atoms with Gasteiger partial charge in [-0.2, -0.15) is 3.89 Å². The van der Waals surface area contributed by atoms with Gasteiger partial charge in [0, 0.05) is 17.6 Å². The monoisotopic (exact) mass is 413 g/mol. The van der Waals surface area contributed by atoms with Crippen LogP contribution in [-0.2, 0) is 0 Å². The normalized spacial score (nSPS) is 20.3. The van der Waals surface area contributed by atoms with Gasteiger partial charge in [-0.15, -0.1) is 11.6 Å². The van der Waals surface area contributed by atoms with Gasteiger partial charge >= 0.3 is 0 Å². The molecule has 1 aromatic rings. The van der Waals surface area contributed by atoms with E-state index in [4.69, 9.17) is 11.6 Å². The summed E-state index contributed by atoms with van der Waals surface area (Å²) in [4.78, 5) is 1.63. The molecule has 1 nitrogen and oxygen atoms in total. The molecule has 27 heavy (non-hydrogen) atoms. The van der Waals surface area contributed by atoms with E-state index in [1.807, 2.05) is 45.1 Å². The molecule has 0 amide bonds. The average Bonchev–Trinajstić information content (AvgIpc) is 2.62. The lowest BCUT2D eigenvalue weighted by Crippen LogP contribution is -2.30. The van der Waals surface area contributed by atoms with Crippen molar-refractivity contribution < 1.29 is 12.7 Å².